The van der Waals surface area contributed by atoms with Gasteiger partial charge in [0.15, 0.2) is 0 Å². The minimum atomic E-state index is 0.0864. The normalized spacial score (nSPS) is 48.2. The van der Waals surface area contributed by atoms with Crippen molar-refractivity contribution in [3.63, 3.8) is 0 Å². The zero-order valence-electron chi connectivity index (χ0n) is 16.2. The van der Waals surface area contributed by atoms with E-state index in [0.717, 1.165) is 18.3 Å². The molecule has 0 aromatic heterocycles. The Hall–Kier alpha value is -0.830. The van der Waals surface area contributed by atoms with Crippen molar-refractivity contribution < 1.29 is 9.53 Å². The lowest BCUT2D eigenvalue weighted by atomic mass is 9.57. The van der Waals surface area contributed by atoms with Crippen LogP contribution in [0, 0.1) is 29.6 Å². The predicted molar refractivity (Wildman–Crippen MR) is 100 cm³/mol. The van der Waals surface area contributed by atoms with Crippen molar-refractivity contribution in [1.29, 1.82) is 0 Å². The lowest BCUT2D eigenvalue weighted by Gasteiger charge is -2.46. The van der Waals surface area contributed by atoms with Crippen LogP contribution in [-0.4, -0.2) is 36.1 Å². The van der Waals surface area contributed by atoms with Crippen LogP contribution in [0.3, 0.4) is 0 Å². The third-order valence-corrected chi connectivity index (χ3v) is 7.97. The second kappa shape index (κ2) is 7.06. The van der Waals surface area contributed by atoms with Gasteiger partial charge in [-0.2, -0.15) is 0 Å². The number of cyclic esters (lactones) is 1. The number of carbonyl (C=O) groups is 1. The molecule has 2 saturated carbocycles. The summed E-state index contributed by atoms with van der Waals surface area (Å²) in [6.45, 7) is 4.47. The predicted octanol–water partition coefficient (Wildman–Crippen LogP) is 4.42. The Labute approximate surface area is 153 Å². The van der Waals surface area contributed by atoms with E-state index in [9.17, 15) is 4.79 Å². The molecule has 2 saturated heterocycles. The Bertz CT molecular complexity index is 530. The largest absolute Gasteiger partial charge is 0.462 e. The van der Waals surface area contributed by atoms with Gasteiger partial charge in [-0.1, -0.05) is 37.8 Å². The summed E-state index contributed by atoms with van der Waals surface area (Å²) in [6, 6.07) is 1.25. The second-order valence-electron chi connectivity index (χ2n) is 9.24. The van der Waals surface area contributed by atoms with E-state index in [1.54, 1.807) is 0 Å². The Kier molecular flexibility index (Phi) is 4.96. The molecule has 2 heterocycles. The second-order valence-corrected chi connectivity index (χ2v) is 9.24. The zero-order valence-corrected chi connectivity index (χ0v) is 16.2. The van der Waals surface area contributed by atoms with Crippen LogP contribution in [0.4, 0.5) is 0 Å². The van der Waals surface area contributed by atoms with E-state index in [0.29, 0.717) is 23.9 Å². The minimum Gasteiger partial charge on any atom is -0.462 e. The third-order valence-electron chi connectivity index (χ3n) is 7.97. The lowest BCUT2D eigenvalue weighted by Crippen LogP contribution is -2.44. The van der Waals surface area contributed by atoms with Gasteiger partial charge in [0.05, 0.1) is 5.92 Å². The van der Waals surface area contributed by atoms with Gasteiger partial charge in [-0.3, -0.25) is 9.69 Å². The maximum atomic E-state index is 12.4. The first kappa shape index (κ1) is 17.6. The number of hydrogen-bond donors (Lipinski definition) is 0. The highest BCUT2D eigenvalue weighted by molar-refractivity contribution is 5.75. The molecule has 4 aliphatic rings. The van der Waals surface area contributed by atoms with Crippen LogP contribution in [0.5, 0.6) is 0 Å². The number of rotatable bonds is 2. The molecule has 25 heavy (non-hydrogen) atoms. The van der Waals surface area contributed by atoms with Gasteiger partial charge in [0.25, 0.3) is 0 Å². The maximum Gasteiger partial charge on any atom is 0.309 e. The molecule has 0 bridgehead atoms. The van der Waals surface area contributed by atoms with Crippen LogP contribution in [0.2, 0.25) is 0 Å². The standard InChI is InChI=1S/C22H35NO2/c1-14-7-6-9-17(23(14)3)11-12-19-18-10-5-4-8-16(18)13-20-21(19)15(2)25-22(20)24/h11-12,14-21H,4-10,13H2,1-3H3/t14-,15-,16+,17+,18-,19?,20-,21+/m0/s1. The van der Waals surface area contributed by atoms with E-state index in [1.165, 1.54) is 44.9 Å². The van der Waals surface area contributed by atoms with Crippen LogP contribution in [0.1, 0.15) is 65.2 Å². The molecule has 0 aromatic rings. The number of nitrogens with zero attached hydrogens (tertiary/aromatic N) is 1. The Morgan fingerprint density at radius 3 is 2.68 bits per heavy atom. The molecule has 3 heteroatoms. The van der Waals surface area contributed by atoms with Crippen molar-refractivity contribution >= 4 is 5.97 Å². The van der Waals surface area contributed by atoms with E-state index >= 15 is 0 Å². The molecule has 8 atom stereocenters. The first-order valence-corrected chi connectivity index (χ1v) is 10.7. The third kappa shape index (κ3) is 3.18. The van der Waals surface area contributed by atoms with Crippen LogP contribution < -0.4 is 0 Å². The maximum absolute atomic E-state index is 12.4. The van der Waals surface area contributed by atoms with E-state index in [4.69, 9.17) is 4.74 Å². The van der Waals surface area contributed by atoms with Gasteiger partial charge in [0, 0.05) is 18.0 Å². The van der Waals surface area contributed by atoms with Crippen LogP contribution in [0.25, 0.3) is 0 Å². The Morgan fingerprint density at radius 2 is 1.84 bits per heavy atom. The van der Waals surface area contributed by atoms with Gasteiger partial charge in [-0.25, -0.2) is 0 Å². The Morgan fingerprint density at radius 1 is 1.04 bits per heavy atom. The number of hydrogen-bond acceptors (Lipinski definition) is 3. The molecular formula is C22H35NO2. The van der Waals surface area contributed by atoms with Crippen molar-refractivity contribution in [2.45, 2.75) is 83.4 Å². The summed E-state index contributed by atoms with van der Waals surface area (Å²) in [4.78, 5) is 14.9. The zero-order chi connectivity index (χ0) is 17.6. The van der Waals surface area contributed by atoms with E-state index in [1.807, 2.05) is 0 Å². The molecule has 0 amide bonds. The lowest BCUT2D eigenvalue weighted by molar-refractivity contribution is -0.144. The van der Waals surface area contributed by atoms with Crippen molar-refractivity contribution in [3.05, 3.63) is 12.2 Å². The number of piperidine rings is 1. The fraction of sp³-hybridized carbons (Fsp3) is 0.864. The molecule has 0 spiro atoms. The molecule has 0 N–H and O–H groups in total. The fourth-order valence-corrected chi connectivity index (χ4v) is 6.43. The van der Waals surface area contributed by atoms with Crippen LogP contribution in [-0.2, 0) is 9.53 Å². The number of fused-ring (bicyclic) bond motifs is 2. The first-order chi connectivity index (χ1) is 12.1. The van der Waals surface area contributed by atoms with Crippen LogP contribution in [0.15, 0.2) is 12.2 Å². The monoisotopic (exact) mass is 345 g/mol. The highest BCUT2D eigenvalue weighted by Gasteiger charge is 2.53. The van der Waals surface area contributed by atoms with Gasteiger partial charge in [-0.15, -0.1) is 0 Å². The molecule has 2 aliphatic carbocycles. The molecule has 2 aliphatic heterocycles. The molecule has 4 fully saturated rings. The van der Waals surface area contributed by atoms with Crippen molar-refractivity contribution in [2.75, 3.05) is 7.05 Å². The molecule has 1 unspecified atom stereocenters. The van der Waals surface area contributed by atoms with Crippen molar-refractivity contribution in [3.8, 4) is 0 Å². The van der Waals surface area contributed by atoms with Gasteiger partial charge in [0.1, 0.15) is 6.10 Å². The number of likely N-dealkylation sites (N-methyl/N-ethyl adjacent to an activating group) is 1. The smallest absolute Gasteiger partial charge is 0.309 e. The van der Waals surface area contributed by atoms with Gasteiger partial charge in [0.2, 0.25) is 0 Å². The quantitative estimate of drug-likeness (QED) is 0.548. The number of carbonyl (C=O) groups excluding carboxylic acids is 1. The van der Waals surface area contributed by atoms with Crippen molar-refractivity contribution in [2.24, 2.45) is 29.6 Å². The average molecular weight is 346 g/mol. The summed E-state index contributed by atoms with van der Waals surface area (Å²) < 4.78 is 5.69. The summed E-state index contributed by atoms with van der Waals surface area (Å²) in [5.41, 5.74) is 0. The molecule has 3 nitrogen and oxygen atoms in total. The van der Waals surface area contributed by atoms with Crippen LogP contribution >= 0.6 is 0 Å². The molecule has 0 aromatic carbocycles. The summed E-state index contributed by atoms with van der Waals surface area (Å²) in [5, 5.41) is 0. The number of allylic oxidation sites excluding steroid dienone is 1. The van der Waals surface area contributed by atoms with Gasteiger partial charge in [-0.05, 0) is 64.3 Å². The molecule has 0 radical (unpaired) electrons. The molecule has 140 valence electrons. The Balaban J connectivity index is 1.57. The van der Waals surface area contributed by atoms with E-state index < -0.39 is 0 Å². The summed E-state index contributed by atoms with van der Waals surface area (Å²) in [7, 11) is 2.27. The number of ether oxygens (including phenoxy) is 1. The fourth-order valence-electron chi connectivity index (χ4n) is 6.43. The van der Waals surface area contributed by atoms with E-state index in [-0.39, 0.29) is 18.0 Å². The molecular weight excluding hydrogens is 310 g/mol. The number of likely N-dealkylation sites (tertiary alicyclic amines) is 1. The van der Waals surface area contributed by atoms with Crippen molar-refractivity contribution in [1.82, 2.24) is 4.90 Å². The number of esters is 1. The van der Waals surface area contributed by atoms with E-state index in [2.05, 4.69) is 37.9 Å². The topological polar surface area (TPSA) is 29.5 Å². The summed E-state index contributed by atoms with van der Waals surface area (Å²) >= 11 is 0. The first-order valence-electron chi connectivity index (χ1n) is 10.7. The SMILES string of the molecule is C[C@@H]1OC(=O)[C@H]2C[C@H]3CCCC[C@@H]3C(C=C[C@H]3CCC[C@H](C)N3C)[C@@H]12. The minimum absolute atomic E-state index is 0.0864. The van der Waals surface area contributed by atoms with Gasteiger partial charge >= 0.3 is 5.97 Å². The highest BCUT2D eigenvalue weighted by atomic mass is 16.6. The molecule has 4 rings (SSSR count). The average Bonchev–Trinajstić information content (AvgIpc) is 2.89. The van der Waals surface area contributed by atoms with Gasteiger partial charge < -0.3 is 4.74 Å². The summed E-state index contributed by atoms with van der Waals surface area (Å²) in [5.74, 6) is 2.71. The summed E-state index contributed by atoms with van der Waals surface area (Å²) in [6.07, 6.45) is 15.5. The highest BCUT2D eigenvalue weighted by Crippen LogP contribution is 2.53.